The van der Waals surface area contributed by atoms with Crippen molar-refractivity contribution < 1.29 is 33.4 Å². The molecule has 3 fully saturated rings. The number of cyclic esters (lactones) is 1. The lowest BCUT2D eigenvalue weighted by Crippen LogP contribution is -2.41. The van der Waals surface area contributed by atoms with Crippen LogP contribution in [0.4, 0.5) is 27.5 Å². The Labute approximate surface area is 243 Å². The summed E-state index contributed by atoms with van der Waals surface area (Å²) in [6, 6.07) is 14.7. The van der Waals surface area contributed by atoms with Gasteiger partial charge in [-0.25, -0.2) is 4.79 Å². The molecule has 13 nitrogen and oxygen atoms in total. The van der Waals surface area contributed by atoms with Crippen LogP contribution in [-0.2, 0) is 28.6 Å². The Balaban J connectivity index is 0.972. The maximum atomic E-state index is 12.6. The van der Waals surface area contributed by atoms with E-state index in [2.05, 4.69) is 10.6 Å². The molecule has 0 bridgehead atoms. The van der Waals surface area contributed by atoms with Gasteiger partial charge < -0.3 is 40.4 Å². The van der Waals surface area contributed by atoms with Gasteiger partial charge in [-0.2, -0.15) is 0 Å². The fourth-order valence-electron chi connectivity index (χ4n) is 5.13. The fourth-order valence-corrected chi connectivity index (χ4v) is 5.13. The van der Waals surface area contributed by atoms with E-state index in [0.717, 1.165) is 22.7 Å². The predicted molar refractivity (Wildman–Crippen MR) is 156 cm³/mol. The zero-order valence-electron chi connectivity index (χ0n) is 23.3. The summed E-state index contributed by atoms with van der Waals surface area (Å²) in [6.45, 7) is 3.44. The van der Waals surface area contributed by atoms with Crippen molar-refractivity contribution >= 4 is 46.6 Å². The first-order chi connectivity index (χ1) is 20.4. The van der Waals surface area contributed by atoms with Crippen LogP contribution in [0.1, 0.15) is 6.42 Å². The van der Waals surface area contributed by atoms with E-state index in [4.69, 9.17) is 19.9 Å². The molecule has 5 rings (SSSR count). The largest absolute Gasteiger partial charge is 0.443 e. The lowest BCUT2D eigenvalue weighted by Gasteiger charge is -2.27. The molecule has 0 unspecified atom stereocenters. The number of morpholine rings is 1. The number of ether oxygens (including phenoxy) is 3. The van der Waals surface area contributed by atoms with Crippen molar-refractivity contribution in [1.82, 2.24) is 5.32 Å². The molecule has 3 saturated heterocycles. The van der Waals surface area contributed by atoms with Crippen molar-refractivity contribution in [2.24, 2.45) is 11.7 Å². The third kappa shape index (κ3) is 7.16. The second kappa shape index (κ2) is 13.6. The highest BCUT2D eigenvalue weighted by atomic mass is 16.6. The maximum absolute atomic E-state index is 12.6. The van der Waals surface area contributed by atoms with Crippen LogP contribution in [0.15, 0.2) is 48.5 Å². The number of nitrogens with two attached hydrogens (primary N) is 1. The van der Waals surface area contributed by atoms with E-state index in [-0.39, 0.29) is 49.5 Å². The molecule has 2 atom stereocenters. The molecule has 13 heteroatoms. The monoisotopic (exact) mass is 580 g/mol. The van der Waals surface area contributed by atoms with Gasteiger partial charge in [-0.3, -0.25) is 19.3 Å². The number of benzene rings is 2. The number of anilines is 4. The summed E-state index contributed by atoms with van der Waals surface area (Å²) in [4.78, 5) is 53.9. The number of carbonyl (C=O) groups is 4. The van der Waals surface area contributed by atoms with Crippen molar-refractivity contribution in [3.63, 3.8) is 0 Å². The topological polar surface area (TPSA) is 156 Å². The van der Waals surface area contributed by atoms with Crippen LogP contribution in [0.5, 0.6) is 0 Å². The zero-order chi connectivity index (χ0) is 29.5. The van der Waals surface area contributed by atoms with Crippen molar-refractivity contribution in [2.75, 3.05) is 85.7 Å². The third-order valence-electron chi connectivity index (χ3n) is 7.38. The summed E-state index contributed by atoms with van der Waals surface area (Å²) < 4.78 is 15.8. The van der Waals surface area contributed by atoms with E-state index in [0.29, 0.717) is 52.4 Å². The van der Waals surface area contributed by atoms with E-state index in [1.807, 2.05) is 48.5 Å². The van der Waals surface area contributed by atoms with Crippen molar-refractivity contribution in [2.45, 2.75) is 12.5 Å². The van der Waals surface area contributed by atoms with Crippen LogP contribution in [0.2, 0.25) is 0 Å². The SMILES string of the molecule is NC[C@H]1CN(c2ccc(NCCOCC(=O)NC[C@@H]3CC(=O)N(c4ccc(N5CCOCC5=O)cc4)C3)cc2)C(=O)O1. The Kier molecular flexibility index (Phi) is 9.52. The number of nitrogens with zero attached hydrogens (tertiary/aromatic N) is 3. The van der Waals surface area contributed by atoms with Crippen LogP contribution >= 0.6 is 0 Å². The normalized spacial score (nSPS) is 20.7. The molecule has 224 valence electrons. The molecular weight excluding hydrogens is 544 g/mol. The summed E-state index contributed by atoms with van der Waals surface area (Å²) in [5, 5.41) is 6.07. The molecule has 0 saturated carbocycles. The van der Waals surface area contributed by atoms with Gasteiger partial charge in [0.2, 0.25) is 11.8 Å². The second-order valence-electron chi connectivity index (χ2n) is 10.4. The molecule has 42 heavy (non-hydrogen) atoms. The molecule has 4 amide bonds. The first-order valence-corrected chi connectivity index (χ1v) is 14.1. The Hall–Kier alpha value is -4.20. The highest BCUT2D eigenvalue weighted by Gasteiger charge is 2.32. The molecule has 0 spiro atoms. The van der Waals surface area contributed by atoms with Gasteiger partial charge in [0.1, 0.15) is 19.3 Å². The average Bonchev–Trinajstić information content (AvgIpc) is 3.58. The average molecular weight is 581 g/mol. The minimum atomic E-state index is -0.399. The van der Waals surface area contributed by atoms with E-state index >= 15 is 0 Å². The summed E-state index contributed by atoms with van der Waals surface area (Å²) >= 11 is 0. The zero-order valence-corrected chi connectivity index (χ0v) is 23.3. The summed E-state index contributed by atoms with van der Waals surface area (Å²) in [5.41, 5.74) is 8.72. The van der Waals surface area contributed by atoms with Gasteiger partial charge in [-0.15, -0.1) is 0 Å². The number of hydrogen-bond acceptors (Lipinski definition) is 9. The number of hydrogen-bond donors (Lipinski definition) is 3. The second-order valence-corrected chi connectivity index (χ2v) is 10.4. The van der Waals surface area contributed by atoms with Gasteiger partial charge in [0.15, 0.2) is 0 Å². The molecule has 0 radical (unpaired) electrons. The van der Waals surface area contributed by atoms with Crippen molar-refractivity contribution in [3.05, 3.63) is 48.5 Å². The molecule has 0 aromatic heterocycles. The molecule has 0 aliphatic carbocycles. The van der Waals surface area contributed by atoms with Crippen LogP contribution in [-0.4, -0.2) is 95.6 Å². The lowest BCUT2D eigenvalue weighted by atomic mass is 10.1. The highest BCUT2D eigenvalue weighted by molar-refractivity contribution is 5.97. The first kappa shape index (κ1) is 29.3. The Morgan fingerprint density at radius 2 is 1.62 bits per heavy atom. The smallest absolute Gasteiger partial charge is 0.414 e. The van der Waals surface area contributed by atoms with E-state index in [1.54, 1.807) is 14.7 Å². The minimum absolute atomic E-state index is 0.0000725. The lowest BCUT2D eigenvalue weighted by molar-refractivity contribution is -0.126. The van der Waals surface area contributed by atoms with Crippen LogP contribution in [0.25, 0.3) is 0 Å². The van der Waals surface area contributed by atoms with Crippen LogP contribution in [0, 0.1) is 5.92 Å². The standard InChI is InChI=1S/C29H36N6O7/c30-14-25-17-35(29(39)42-25)24-3-1-21(2-4-24)31-9-11-40-18-26(36)32-15-20-13-27(37)34(16-20)23-7-5-22(6-8-23)33-10-12-41-19-28(33)38/h1-8,20,25,31H,9-19,30H2,(H,32,36)/t20-,25-/m0/s1. The minimum Gasteiger partial charge on any atom is -0.443 e. The number of amides is 4. The first-order valence-electron chi connectivity index (χ1n) is 14.1. The quantitative estimate of drug-likeness (QED) is 0.311. The van der Waals surface area contributed by atoms with Crippen LogP contribution < -0.4 is 31.1 Å². The number of rotatable bonds is 12. The molecule has 3 heterocycles. The summed E-state index contributed by atoms with van der Waals surface area (Å²) in [5.74, 6) is -0.323. The number of nitrogens with one attached hydrogen (secondary N) is 2. The summed E-state index contributed by atoms with van der Waals surface area (Å²) in [6.07, 6.45) is -0.345. The molecule has 2 aromatic rings. The Morgan fingerprint density at radius 1 is 0.929 bits per heavy atom. The van der Waals surface area contributed by atoms with E-state index in [1.165, 1.54) is 0 Å². The molecular formula is C29H36N6O7. The van der Waals surface area contributed by atoms with Gasteiger partial charge >= 0.3 is 6.09 Å². The number of carbonyl (C=O) groups excluding carboxylic acids is 4. The van der Waals surface area contributed by atoms with Gasteiger partial charge in [0.25, 0.3) is 5.91 Å². The Morgan fingerprint density at radius 3 is 2.31 bits per heavy atom. The van der Waals surface area contributed by atoms with Crippen molar-refractivity contribution in [3.8, 4) is 0 Å². The van der Waals surface area contributed by atoms with E-state index < -0.39 is 6.09 Å². The molecule has 3 aliphatic heterocycles. The predicted octanol–water partition coefficient (Wildman–Crippen LogP) is 0.932. The van der Waals surface area contributed by atoms with E-state index in [9.17, 15) is 19.2 Å². The fraction of sp³-hybridized carbons (Fsp3) is 0.448. The van der Waals surface area contributed by atoms with Gasteiger partial charge in [-0.05, 0) is 48.5 Å². The molecule has 3 aliphatic rings. The summed E-state index contributed by atoms with van der Waals surface area (Å²) in [7, 11) is 0. The highest BCUT2D eigenvalue weighted by Crippen LogP contribution is 2.28. The van der Waals surface area contributed by atoms with Crippen molar-refractivity contribution in [1.29, 1.82) is 0 Å². The van der Waals surface area contributed by atoms with Crippen LogP contribution in [0.3, 0.4) is 0 Å². The van der Waals surface area contributed by atoms with Gasteiger partial charge in [0.05, 0.1) is 19.8 Å². The molecule has 4 N–H and O–H groups in total. The maximum Gasteiger partial charge on any atom is 0.414 e. The Bertz CT molecular complexity index is 1270. The third-order valence-corrected chi connectivity index (χ3v) is 7.38. The van der Waals surface area contributed by atoms with Gasteiger partial charge in [-0.1, -0.05) is 0 Å². The molecule has 2 aromatic carbocycles. The van der Waals surface area contributed by atoms with Gasteiger partial charge in [0, 0.05) is 67.8 Å².